The quantitative estimate of drug-likeness (QED) is 0.881. The van der Waals surface area contributed by atoms with Crippen molar-refractivity contribution in [1.29, 1.82) is 0 Å². The van der Waals surface area contributed by atoms with E-state index in [1.165, 1.54) is 16.6 Å². The molecule has 5 nitrogen and oxygen atoms in total. The highest BCUT2D eigenvalue weighted by molar-refractivity contribution is 6.31. The first-order valence-corrected chi connectivity index (χ1v) is 9.27. The van der Waals surface area contributed by atoms with Gasteiger partial charge in [0, 0.05) is 48.2 Å². The minimum absolute atomic E-state index is 0.184. The molecule has 6 heteroatoms. The van der Waals surface area contributed by atoms with Gasteiger partial charge in [0.1, 0.15) is 5.60 Å². The van der Waals surface area contributed by atoms with Crippen LogP contribution in [-0.2, 0) is 11.3 Å². The van der Waals surface area contributed by atoms with Gasteiger partial charge in [-0.15, -0.1) is 0 Å². The molecule has 0 unspecified atom stereocenters. The fraction of sp³-hybridized carbons (Fsp3) is 0.526. The Morgan fingerprint density at radius 1 is 1.32 bits per heavy atom. The van der Waals surface area contributed by atoms with Gasteiger partial charge in [-0.05, 0) is 50.1 Å². The van der Waals surface area contributed by atoms with Gasteiger partial charge in [-0.2, -0.15) is 0 Å². The van der Waals surface area contributed by atoms with Gasteiger partial charge >= 0.3 is 6.09 Å². The van der Waals surface area contributed by atoms with Crippen molar-refractivity contribution in [3.8, 4) is 0 Å². The van der Waals surface area contributed by atoms with Gasteiger partial charge in [0.25, 0.3) is 0 Å². The summed E-state index contributed by atoms with van der Waals surface area (Å²) in [6.07, 6.45) is 2.71. The number of H-pyrrole nitrogens is 1. The van der Waals surface area contributed by atoms with Crippen molar-refractivity contribution < 1.29 is 9.53 Å². The van der Waals surface area contributed by atoms with Crippen LogP contribution in [-0.4, -0.2) is 53.2 Å². The summed E-state index contributed by atoms with van der Waals surface area (Å²) in [5.41, 5.74) is 3.36. The zero-order valence-corrected chi connectivity index (χ0v) is 15.5. The molecule has 134 valence electrons. The average Bonchev–Trinajstić information content (AvgIpc) is 2.93. The third kappa shape index (κ3) is 3.11. The lowest BCUT2D eigenvalue weighted by atomic mass is 9.95. The van der Waals surface area contributed by atoms with Crippen molar-refractivity contribution in [3.05, 3.63) is 34.5 Å². The Hall–Kier alpha value is -1.72. The summed E-state index contributed by atoms with van der Waals surface area (Å²) >= 11 is 6.14. The lowest BCUT2D eigenvalue weighted by Crippen LogP contribution is -2.35. The number of aromatic amines is 1. The Labute approximate surface area is 152 Å². The first-order chi connectivity index (χ1) is 12.0. The largest absolute Gasteiger partial charge is 0.441 e. The Bertz CT molecular complexity index is 818. The van der Waals surface area contributed by atoms with Crippen LogP contribution in [0.1, 0.15) is 30.5 Å². The van der Waals surface area contributed by atoms with Gasteiger partial charge in [0.05, 0.1) is 6.54 Å². The van der Waals surface area contributed by atoms with E-state index in [1.807, 2.05) is 25.2 Å². The van der Waals surface area contributed by atoms with Crippen LogP contribution < -0.4 is 0 Å². The van der Waals surface area contributed by atoms with Crippen LogP contribution in [0.2, 0.25) is 5.02 Å². The van der Waals surface area contributed by atoms with Crippen molar-refractivity contribution >= 4 is 28.6 Å². The zero-order valence-electron chi connectivity index (χ0n) is 14.8. The number of amides is 1. The molecule has 2 aliphatic rings. The van der Waals surface area contributed by atoms with E-state index in [0.717, 1.165) is 49.4 Å². The molecule has 2 aromatic rings. The molecule has 1 aromatic heterocycles. The maximum absolute atomic E-state index is 11.8. The molecule has 25 heavy (non-hydrogen) atoms. The van der Waals surface area contributed by atoms with E-state index in [1.54, 1.807) is 4.90 Å². The predicted molar refractivity (Wildman–Crippen MR) is 99.0 cm³/mol. The summed E-state index contributed by atoms with van der Waals surface area (Å²) in [5, 5.41) is 1.96. The van der Waals surface area contributed by atoms with Crippen molar-refractivity contribution in [3.63, 3.8) is 0 Å². The van der Waals surface area contributed by atoms with Crippen molar-refractivity contribution in [2.45, 2.75) is 38.3 Å². The number of fused-ring (bicyclic) bond motifs is 1. The number of hydrogen-bond donors (Lipinski definition) is 1. The van der Waals surface area contributed by atoms with Crippen LogP contribution in [0.5, 0.6) is 0 Å². The molecule has 3 heterocycles. The van der Waals surface area contributed by atoms with Crippen molar-refractivity contribution in [2.24, 2.45) is 0 Å². The molecular formula is C19H24ClN3O2. The van der Waals surface area contributed by atoms with Gasteiger partial charge in [-0.3, -0.25) is 4.90 Å². The number of halogens is 1. The average molecular weight is 362 g/mol. The van der Waals surface area contributed by atoms with E-state index in [4.69, 9.17) is 16.3 Å². The van der Waals surface area contributed by atoms with Crippen LogP contribution in [0.3, 0.4) is 0 Å². The smallest absolute Gasteiger partial charge is 0.410 e. The highest BCUT2D eigenvalue weighted by Crippen LogP contribution is 2.33. The first kappa shape index (κ1) is 16.7. The number of rotatable bonds is 2. The number of aromatic nitrogens is 1. The number of ether oxygens (including phenoxy) is 1. The van der Waals surface area contributed by atoms with Gasteiger partial charge < -0.3 is 14.6 Å². The van der Waals surface area contributed by atoms with Gasteiger partial charge in [-0.1, -0.05) is 11.6 Å². The van der Waals surface area contributed by atoms with Gasteiger partial charge in [0.2, 0.25) is 0 Å². The summed E-state index contributed by atoms with van der Waals surface area (Å²) in [6.45, 7) is 5.72. The number of aryl methyl sites for hydroxylation is 1. The number of likely N-dealkylation sites (N-methyl/N-ethyl adjacent to an activating group) is 1. The van der Waals surface area contributed by atoms with E-state index in [0.29, 0.717) is 6.54 Å². The molecule has 1 N–H and O–H groups in total. The number of carbonyl (C=O) groups is 1. The molecule has 0 radical (unpaired) electrons. The van der Waals surface area contributed by atoms with Crippen LogP contribution in [0.4, 0.5) is 4.79 Å². The standard InChI is InChI=1S/C19H24ClN3O2/c1-13-15-10-14(20)4-5-16(15)21-17(13)11-23-8-3-6-19(7-9-23)12-22(2)18(24)25-19/h4-5,10,21H,3,6-9,11-12H2,1-2H3/t19-/m1/s1. The fourth-order valence-corrected chi connectivity index (χ4v) is 4.34. The van der Waals surface area contributed by atoms with Crippen LogP contribution in [0, 0.1) is 6.92 Å². The van der Waals surface area contributed by atoms with E-state index in [9.17, 15) is 4.79 Å². The highest BCUT2D eigenvalue weighted by atomic mass is 35.5. The fourth-order valence-electron chi connectivity index (χ4n) is 4.17. The van der Waals surface area contributed by atoms with Gasteiger partial charge in [0.15, 0.2) is 0 Å². The number of nitrogens with zero attached hydrogens (tertiary/aromatic N) is 2. The lowest BCUT2D eigenvalue weighted by molar-refractivity contribution is 0.0442. The Morgan fingerprint density at radius 3 is 2.92 bits per heavy atom. The van der Waals surface area contributed by atoms with Crippen LogP contribution >= 0.6 is 11.6 Å². The second kappa shape index (κ2) is 6.22. The summed E-state index contributed by atoms with van der Waals surface area (Å²) in [4.78, 5) is 19.5. The molecule has 2 saturated heterocycles. The Kier molecular flexibility index (Phi) is 4.16. The molecule has 0 saturated carbocycles. The van der Waals surface area contributed by atoms with E-state index in [-0.39, 0.29) is 11.7 Å². The van der Waals surface area contributed by atoms with Crippen LogP contribution in [0.15, 0.2) is 18.2 Å². The Morgan fingerprint density at radius 2 is 2.16 bits per heavy atom. The summed E-state index contributed by atoms with van der Waals surface area (Å²) in [5.74, 6) is 0. The highest BCUT2D eigenvalue weighted by Gasteiger charge is 2.44. The number of carbonyl (C=O) groups excluding carboxylic acids is 1. The number of likely N-dealkylation sites (tertiary alicyclic amines) is 1. The molecule has 0 aliphatic carbocycles. The molecule has 0 bridgehead atoms. The second-order valence-corrected chi connectivity index (χ2v) is 7.89. The molecule has 1 aromatic carbocycles. The topological polar surface area (TPSA) is 48.6 Å². The van der Waals surface area contributed by atoms with E-state index in [2.05, 4.69) is 16.8 Å². The molecular weight excluding hydrogens is 338 g/mol. The third-order valence-corrected chi connectivity index (χ3v) is 5.87. The maximum atomic E-state index is 11.8. The maximum Gasteiger partial charge on any atom is 0.410 e. The van der Waals surface area contributed by atoms with Crippen molar-refractivity contribution in [1.82, 2.24) is 14.8 Å². The lowest BCUT2D eigenvalue weighted by Gasteiger charge is -2.25. The first-order valence-electron chi connectivity index (χ1n) is 8.89. The summed E-state index contributed by atoms with van der Waals surface area (Å²) in [6, 6.07) is 5.99. The molecule has 2 aliphatic heterocycles. The SMILES string of the molecule is Cc1c(CN2CCC[C@@]3(CC2)CN(C)C(=O)O3)[nH]c2ccc(Cl)cc12. The van der Waals surface area contributed by atoms with Gasteiger partial charge in [-0.25, -0.2) is 4.79 Å². The number of hydrogen-bond acceptors (Lipinski definition) is 3. The van der Waals surface area contributed by atoms with E-state index < -0.39 is 0 Å². The van der Waals surface area contributed by atoms with E-state index >= 15 is 0 Å². The molecule has 1 spiro atoms. The molecule has 1 amide bonds. The minimum atomic E-state index is -0.288. The summed E-state index contributed by atoms with van der Waals surface area (Å²) in [7, 11) is 1.82. The third-order valence-electron chi connectivity index (χ3n) is 5.64. The number of benzene rings is 1. The molecule has 2 fully saturated rings. The van der Waals surface area contributed by atoms with Crippen LogP contribution in [0.25, 0.3) is 10.9 Å². The normalized spacial score (nSPS) is 24.9. The zero-order chi connectivity index (χ0) is 17.6. The Balaban J connectivity index is 1.49. The summed E-state index contributed by atoms with van der Waals surface area (Å²) < 4.78 is 5.70. The second-order valence-electron chi connectivity index (χ2n) is 7.46. The monoisotopic (exact) mass is 361 g/mol. The minimum Gasteiger partial charge on any atom is -0.441 e. The molecule has 1 atom stereocenters. The number of nitrogens with one attached hydrogen (secondary N) is 1. The van der Waals surface area contributed by atoms with Crippen molar-refractivity contribution in [2.75, 3.05) is 26.7 Å². The predicted octanol–water partition coefficient (Wildman–Crippen LogP) is 3.94. The molecule has 4 rings (SSSR count).